The highest BCUT2D eigenvalue weighted by molar-refractivity contribution is 5.98. The molecule has 0 N–H and O–H groups in total. The second-order valence-corrected chi connectivity index (χ2v) is 7.43. The molecule has 31 heavy (non-hydrogen) atoms. The third kappa shape index (κ3) is 3.01. The summed E-state index contributed by atoms with van der Waals surface area (Å²) in [5, 5.41) is 9.16. The van der Waals surface area contributed by atoms with Crippen molar-refractivity contribution in [1.29, 1.82) is 5.26 Å². The molecule has 0 saturated heterocycles. The van der Waals surface area contributed by atoms with Crippen molar-refractivity contribution in [3.05, 3.63) is 66.0 Å². The van der Waals surface area contributed by atoms with Crippen molar-refractivity contribution < 1.29 is 9.53 Å². The van der Waals surface area contributed by atoms with Gasteiger partial charge in [-0.05, 0) is 35.7 Å². The van der Waals surface area contributed by atoms with Gasteiger partial charge in [0.1, 0.15) is 0 Å². The van der Waals surface area contributed by atoms with Crippen LogP contribution in [0.4, 0.5) is 5.69 Å². The monoisotopic (exact) mass is 409 g/mol. The molecule has 1 amide bonds. The molecule has 0 radical (unpaired) electrons. The van der Waals surface area contributed by atoms with Crippen LogP contribution in [0.2, 0.25) is 0 Å². The number of hydrogen-bond donors (Lipinski definition) is 0. The predicted octanol–water partition coefficient (Wildman–Crippen LogP) is 3.85. The highest BCUT2D eigenvalue weighted by Gasteiger charge is 2.24. The van der Waals surface area contributed by atoms with Gasteiger partial charge in [-0.3, -0.25) is 9.20 Å². The first-order chi connectivity index (χ1) is 15.1. The van der Waals surface area contributed by atoms with Gasteiger partial charge in [0.05, 0.1) is 30.0 Å². The summed E-state index contributed by atoms with van der Waals surface area (Å²) in [6.07, 6.45) is 4.77. The van der Waals surface area contributed by atoms with Crippen LogP contribution < -0.4 is 9.64 Å². The van der Waals surface area contributed by atoms with Gasteiger partial charge < -0.3 is 9.64 Å². The fourth-order valence-corrected chi connectivity index (χ4v) is 4.06. The van der Waals surface area contributed by atoms with Crippen LogP contribution in [-0.4, -0.2) is 34.4 Å². The maximum Gasteiger partial charge on any atom is 0.302 e. The molecule has 0 unspecified atom stereocenters. The molecule has 3 heterocycles. The number of nitrogens with zero attached hydrogens (tertiary/aromatic N) is 5. The second-order valence-electron chi connectivity index (χ2n) is 7.43. The summed E-state index contributed by atoms with van der Waals surface area (Å²) >= 11 is 0. The molecule has 2 aromatic carbocycles. The smallest absolute Gasteiger partial charge is 0.302 e. The van der Waals surface area contributed by atoms with E-state index in [1.807, 2.05) is 31.3 Å². The van der Waals surface area contributed by atoms with Crippen LogP contribution in [0.1, 0.15) is 17.5 Å². The van der Waals surface area contributed by atoms with Gasteiger partial charge in [0, 0.05) is 37.1 Å². The number of imidazole rings is 1. The molecule has 0 fully saturated rings. The zero-order valence-corrected chi connectivity index (χ0v) is 17.2. The van der Waals surface area contributed by atoms with Crippen molar-refractivity contribution in [2.24, 2.45) is 0 Å². The van der Waals surface area contributed by atoms with Crippen LogP contribution in [0.25, 0.3) is 28.0 Å². The molecule has 1 aliphatic rings. The first-order valence-corrected chi connectivity index (χ1v) is 9.92. The molecule has 0 saturated carbocycles. The van der Waals surface area contributed by atoms with E-state index in [2.05, 4.69) is 17.1 Å². The molecule has 7 nitrogen and oxygen atoms in total. The minimum absolute atomic E-state index is 0.107. The van der Waals surface area contributed by atoms with Gasteiger partial charge in [-0.15, -0.1) is 0 Å². The molecule has 4 aromatic rings. The summed E-state index contributed by atoms with van der Waals surface area (Å²) in [5.74, 6) is 0.107. The van der Waals surface area contributed by atoms with E-state index >= 15 is 0 Å². The van der Waals surface area contributed by atoms with E-state index in [1.165, 1.54) is 0 Å². The molecule has 2 aromatic heterocycles. The summed E-state index contributed by atoms with van der Waals surface area (Å²) in [6.45, 7) is 0. The number of anilines is 1. The Hall–Kier alpha value is -4.18. The lowest BCUT2D eigenvalue weighted by Gasteiger charge is -2.26. The number of nitriles is 1. The number of fused-ring (bicyclic) bond motifs is 2. The van der Waals surface area contributed by atoms with Crippen LogP contribution in [-0.2, 0) is 11.2 Å². The normalized spacial score (nSPS) is 13.2. The van der Waals surface area contributed by atoms with Gasteiger partial charge in [0.15, 0.2) is 5.65 Å². The number of carbonyl (C=O) groups excluding carboxylic acids is 1. The molecular weight excluding hydrogens is 390 g/mol. The molecule has 5 rings (SSSR count). The summed E-state index contributed by atoms with van der Waals surface area (Å²) in [7, 11) is 3.38. The number of hydrogen-bond acceptors (Lipinski definition) is 5. The van der Waals surface area contributed by atoms with Gasteiger partial charge in [-0.2, -0.15) is 10.2 Å². The SMILES string of the molecule is COc1nc(-c2ccc(C#N)cc2)c(-c2ccc3c(c2)N(C)C(=O)CC3)c2nccn12. The Kier molecular flexibility index (Phi) is 4.41. The van der Waals surface area contributed by atoms with E-state index in [0.717, 1.165) is 34.4 Å². The fraction of sp³-hybridized carbons (Fsp3) is 0.167. The minimum atomic E-state index is 0.107. The third-order valence-corrected chi connectivity index (χ3v) is 5.70. The number of methoxy groups -OCH3 is 1. The van der Waals surface area contributed by atoms with Crippen molar-refractivity contribution in [2.75, 3.05) is 19.1 Å². The summed E-state index contributed by atoms with van der Waals surface area (Å²) in [4.78, 5) is 23.3. The molecule has 7 heteroatoms. The second kappa shape index (κ2) is 7.26. The van der Waals surface area contributed by atoms with Crippen LogP contribution in [0, 0.1) is 11.3 Å². The molecule has 1 aliphatic heterocycles. The number of amides is 1. The van der Waals surface area contributed by atoms with E-state index in [9.17, 15) is 4.79 Å². The van der Waals surface area contributed by atoms with E-state index in [1.54, 1.807) is 40.9 Å². The Morgan fingerprint density at radius 1 is 1.10 bits per heavy atom. The zero-order chi connectivity index (χ0) is 21.5. The number of rotatable bonds is 3. The average Bonchev–Trinajstić information content (AvgIpc) is 3.30. The molecule has 0 spiro atoms. The van der Waals surface area contributed by atoms with Gasteiger partial charge >= 0.3 is 6.01 Å². The topological polar surface area (TPSA) is 83.5 Å². The first-order valence-electron chi connectivity index (χ1n) is 9.92. The Labute approximate surface area is 179 Å². The van der Waals surface area contributed by atoms with Gasteiger partial charge in [-0.25, -0.2) is 4.98 Å². The number of aromatic nitrogens is 3. The summed E-state index contributed by atoms with van der Waals surface area (Å²) < 4.78 is 7.31. The van der Waals surface area contributed by atoms with Gasteiger partial charge in [0.25, 0.3) is 0 Å². The predicted molar refractivity (Wildman–Crippen MR) is 117 cm³/mol. The van der Waals surface area contributed by atoms with Crippen LogP contribution >= 0.6 is 0 Å². The Balaban J connectivity index is 1.79. The molecule has 0 aliphatic carbocycles. The van der Waals surface area contributed by atoms with Crippen LogP contribution in [0.15, 0.2) is 54.9 Å². The van der Waals surface area contributed by atoms with E-state index in [0.29, 0.717) is 29.3 Å². The van der Waals surface area contributed by atoms with Gasteiger partial charge in [0.2, 0.25) is 5.91 Å². The number of benzene rings is 2. The average molecular weight is 409 g/mol. The third-order valence-electron chi connectivity index (χ3n) is 5.70. The van der Waals surface area contributed by atoms with E-state index in [4.69, 9.17) is 15.0 Å². The molecular formula is C24H19N5O2. The zero-order valence-electron chi connectivity index (χ0n) is 17.2. The number of aryl methyl sites for hydroxylation is 1. The Morgan fingerprint density at radius 3 is 2.61 bits per heavy atom. The lowest BCUT2D eigenvalue weighted by atomic mass is 9.94. The maximum atomic E-state index is 12.3. The van der Waals surface area contributed by atoms with Crippen molar-refractivity contribution in [2.45, 2.75) is 12.8 Å². The lowest BCUT2D eigenvalue weighted by Crippen LogP contribution is -2.31. The lowest BCUT2D eigenvalue weighted by molar-refractivity contribution is -0.118. The summed E-state index contributed by atoms with van der Waals surface area (Å²) in [6, 6.07) is 16.0. The number of ether oxygens (including phenoxy) is 1. The van der Waals surface area contributed by atoms with Crippen molar-refractivity contribution in [3.8, 4) is 34.5 Å². The van der Waals surface area contributed by atoms with Gasteiger partial charge in [-0.1, -0.05) is 24.3 Å². The standard InChI is InChI=1S/C24H19N5O2/c1-28-19-13-18(8-7-16(19)9-10-20(28)30)21-22(17-5-3-15(14-25)4-6-17)27-24(31-2)29-12-11-26-23(21)29/h3-8,11-13H,9-10H2,1-2H3. The van der Waals surface area contributed by atoms with Crippen molar-refractivity contribution in [3.63, 3.8) is 0 Å². The highest BCUT2D eigenvalue weighted by Crippen LogP contribution is 2.39. The first kappa shape index (κ1) is 18.8. The quantitative estimate of drug-likeness (QED) is 0.513. The minimum Gasteiger partial charge on any atom is -0.468 e. The largest absolute Gasteiger partial charge is 0.468 e. The van der Waals surface area contributed by atoms with E-state index in [-0.39, 0.29) is 5.91 Å². The fourth-order valence-electron chi connectivity index (χ4n) is 4.06. The summed E-state index contributed by atoms with van der Waals surface area (Å²) in [5.41, 5.74) is 6.62. The molecule has 0 atom stereocenters. The van der Waals surface area contributed by atoms with Crippen LogP contribution in [0.5, 0.6) is 6.01 Å². The van der Waals surface area contributed by atoms with Crippen molar-refractivity contribution in [1.82, 2.24) is 14.4 Å². The van der Waals surface area contributed by atoms with Crippen LogP contribution in [0.3, 0.4) is 0 Å². The molecule has 0 bridgehead atoms. The maximum absolute atomic E-state index is 12.3. The molecule has 152 valence electrons. The number of carbonyl (C=O) groups is 1. The highest BCUT2D eigenvalue weighted by atomic mass is 16.5. The Morgan fingerprint density at radius 2 is 1.87 bits per heavy atom. The van der Waals surface area contributed by atoms with E-state index < -0.39 is 0 Å². The van der Waals surface area contributed by atoms with Crippen molar-refractivity contribution >= 4 is 17.2 Å². The Bertz CT molecular complexity index is 1370.